The summed E-state index contributed by atoms with van der Waals surface area (Å²) in [5.41, 5.74) is 5.58. The van der Waals surface area contributed by atoms with Gasteiger partial charge in [0.05, 0.1) is 5.56 Å². The highest BCUT2D eigenvalue weighted by molar-refractivity contribution is 5.96. The number of para-hydroxylation sites is 1. The Morgan fingerprint density at radius 1 is 1.32 bits per heavy atom. The lowest BCUT2D eigenvalue weighted by Crippen LogP contribution is -2.46. The molecule has 3 N–H and O–H groups in total. The summed E-state index contributed by atoms with van der Waals surface area (Å²) in [6.45, 7) is 8.21. The van der Waals surface area contributed by atoms with Crippen molar-refractivity contribution in [3.8, 4) is 5.75 Å². The Morgan fingerprint density at radius 2 is 2.00 bits per heavy atom. The Balaban J connectivity index is 1.90. The van der Waals surface area contributed by atoms with E-state index < -0.39 is 5.91 Å². The molecule has 5 heteroatoms. The molecule has 1 aliphatic rings. The van der Waals surface area contributed by atoms with Crippen molar-refractivity contribution in [1.29, 1.82) is 0 Å². The number of amides is 1. The summed E-state index contributed by atoms with van der Waals surface area (Å²) < 4.78 is 0. The highest BCUT2D eigenvalue weighted by atomic mass is 16.3. The predicted molar refractivity (Wildman–Crippen MR) is 98.0 cm³/mol. The molecule has 0 heterocycles. The highest BCUT2D eigenvalue weighted by Crippen LogP contribution is 2.41. The molecule has 0 saturated heterocycles. The minimum Gasteiger partial charge on any atom is -0.507 e. The van der Waals surface area contributed by atoms with Crippen molar-refractivity contribution in [2.75, 3.05) is 0 Å². The summed E-state index contributed by atoms with van der Waals surface area (Å²) in [5, 5.41) is 9.70. The van der Waals surface area contributed by atoms with Crippen LogP contribution in [-0.4, -0.2) is 22.8 Å². The molecule has 0 saturated carbocycles. The minimum atomic E-state index is -0.424. The van der Waals surface area contributed by atoms with Crippen LogP contribution in [0.3, 0.4) is 0 Å². The summed E-state index contributed by atoms with van der Waals surface area (Å²) >= 11 is 0. The van der Waals surface area contributed by atoms with Crippen molar-refractivity contribution in [3.05, 3.63) is 42.0 Å². The SMILES string of the molecule is C[C@@H](CC(=O)[C@H]1[C@@H](C)C=CCC1(C)C)NNC(=O)c1ccccc1O. The van der Waals surface area contributed by atoms with Crippen molar-refractivity contribution in [3.63, 3.8) is 0 Å². The zero-order valence-electron chi connectivity index (χ0n) is 15.4. The number of rotatable bonds is 6. The fourth-order valence-corrected chi connectivity index (χ4v) is 3.67. The van der Waals surface area contributed by atoms with E-state index in [1.54, 1.807) is 18.2 Å². The fraction of sp³-hybridized carbons (Fsp3) is 0.500. The van der Waals surface area contributed by atoms with Crippen LogP contribution in [0.15, 0.2) is 36.4 Å². The third-order valence-corrected chi connectivity index (χ3v) is 4.89. The molecular weight excluding hydrogens is 316 g/mol. The Hall–Kier alpha value is -2.14. The minimum absolute atomic E-state index is 0.0179. The monoisotopic (exact) mass is 344 g/mol. The van der Waals surface area contributed by atoms with E-state index in [2.05, 4.69) is 43.8 Å². The molecule has 5 nitrogen and oxygen atoms in total. The van der Waals surface area contributed by atoms with Crippen molar-refractivity contribution in [1.82, 2.24) is 10.9 Å². The van der Waals surface area contributed by atoms with Crippen LogP contribution in [0.4, 0.5) is 0 Å². The van der Waals surface area contributed by atoms with Crippen LogP contribution in [-0.2, 0) is 4.79 Å². The van der Waals surface area contributed by atoms with E-state index >= 15 is 0 Å². The quantitative estimate of drug-likeness (QED) is 0.547. The van der Waals surface area contributed by atoms with Crippen LogP contribution >= 0.6 is 0 Å². The molecule has 0 unspecified atom stereocenters. The summed E-state index contributed by atoms with van der Waals surface area (Å²) in [7, 11) is 0. The number of carbonyl (C=O) groups excluding carboxylic acids is 2. The maximum Gasteiger partial charge on any atom is 0.269 e. The first kappa shape index (κ1) is 19.2. The summed E-state index contributed by atoms with van der Waals surface area (Å²) in [5.74, 6) is -0.0876. The second-order valence-corrected chi connectivity index (χ2v) is 7.64. The van der Waals surface area contributed by atoms with Crippen molar-refractivity contribution in [2.24, 2.45) is 17.3 Å². The molecular formula is C20H28N2O3. The average Bonchev–Trinajstić information content (AvgIpc) is 2.52. The van der Waals surface area contributed by atoms with Gasteiger partial charge in [-0.2, -0.15) is 0 Å². The average molecular weight is 344 g/mol. The van der Waals surface area contributed by atoms with E-state index in [1.807, 2.05) is 6.92 Å². The first-order chi connectivity index (χ1) is 11.7. The Labute approximate surface area is 149 Å². The molecule has 0 spiro atoms. The third kappa shape index (κ3) is 4.69. The highest BCUT2D eigenvalue weighted by Gasteiger charge is 2.39. The number of hydrogen-bond donors (Lipinski definition) is 3. The van der Waals surface area contributed by atoms with Gasteiger partial charge in [0.1, 0.15) is 11.5 Å². The lowest BCUT2D eigenvalue weighted by atomic mass is 9.65. The van der Waals surface area contributed by atoms with Crippen molar-refractivity contribution in [2.45, 2.75) is 46.6 Å². The topological polar surface area (TPSA) is 78.4 Å². The Kier molecular flexibility index (Phi) is 6.01. The normalized spacial score (nSPS) is 23.0. The van der Waals surface area contributed by atoms with Gasteiger partial charge in [0.2, 0.25) is 0 Å². The molecule has 136 valence electrons. The molecule has 0 fully saturated rings. The molecule has 25 heavy (non-hydrogen) atoms. The number of phenolic OH excluding ortho intramolecular Hbond substituents is 1. The molecule has 2 rings (SSSR count). The number of nitrogens with one attached hydrogen (secondary N) is 2. The molecule has 0 radical (unpaired) electrons. The Morgan fingerprint density at radius 3 is 2.64 bits per heavy atom. The number of hydrogen-bond acceptors (Lipinski definition) is 4. The molecule has 1 aromatic rings. The number of Topliss-reactive ketones (excluding diaryl/α,β-unsaturated/α-hetero) is 1. The Bertz CT molecular complexity index is 667. The summed E-state index contributed by atoms with van der Waals surface area (Å²) in [6.07, 6.45) is 5.52. The molecule has 1 aromatic carbocycles. The van der Waals surface area contributed by atoms with E-state index in [9.17, 15) is 14.7 Å². The van der Waals surface area contributed by atoms with Crippen LogP contribution in [0.1, 0.15) is 50.9 Å². The van der Waals surface area contributed by atoms with E-state index in [0.717, 1.165) is 6.42 Å². The number of allylic oxidation sites excluding steroid dienone is 2. The molecule has 0 aromatic heterocycles. The van der Waals surface area contributed by atoms with Gasteiger partial charge in [0.15, 0.2) is 0 Å². The van der Waals surface area contributed by atoms with Crippen LogP contribution in [0.5, 0.6) is 5.75 Å². The lowest BCUT2D eigenvalue weighted by Gasteiger charge is -2.39. The third-order valence-electron chi connectivity index (χ3n) is 4.89. The van der Waals surface area contributed by atoms with Crippen molar-refractivity contribution < 1.29 is 14.7 Å². The first-order valence-corrected chi connectivity index (χ1v) is 8.75. The number of benzene rings is 1. The zero-order chi connectivity index (χ0) is 18.6. The van der Waals surface area contributed by atoms with Gasteiger partial charge in [0.25, 0.3) is 5.91 Å². The van der Waals surface area contributed by atoms with E-state index in [-0.39, 0.29) is 40.4 Å². The van der Waals surface area contributed by atoms with Crippen LogP contribution in [0.2, 0.25) is 0 Å². The fourth-order valence-electron chi connectivity index (χ4n) is 3.67. The van der Waals surface area contributed by atoms with E-state index in [0.29, 0.717) is 6.42 Å². The standard InChI is InChI=1S/C20H28N2O3/c1-13-8-7-11-20(3,4)18(13)17(24)12-14(2)21-22-19(25)15-9-5-6-10-16(15)23/h5-10,13-14,18,21,23H,11-12H2,1-4H3,(H,22,25)/t13-,14-,18+/m0/s1. The molecule has 1 amide bonds. The second-order valence-electron chi connectivity index (χ2n) is 7.64. The van der Waals surface area contributed by atoms with Gasteiger partial charge in [-0.3, -0.25) is 15.0 Å². The predicted octanol–water partition coefficient (Wildman–Crippen LogP) is 3.21. The van der Waals surface area contributed by atoms with E-state index in [4.69, 9.17) is 0 Å². The van der Waals surface area contributed by atoms with Gasteiger partial charge < -0.3 is 5.11 Å². The molecule has 0 aliphatic heterocycles. The van der Waals surface area contributed by atoms with Crippen molar-refractivity contribution >= 4 is 11.7 Å². The molecule has 0 bridgehead atoms. The number of hydrazine groups is 1. The zero-order valence-corrected chi connectivity index (χ0v) is 15.4. The number of aromatic hydroxyl groups is 1. The molecule has 1 aliphatic carbocycles. The first-order valence-electron chi connectivity index (χ1n) is 8.75. The molecule has 3 atom stereocenters. The largest absolute Gasteiger partial charge is 0.507 e. The van der Waals surface area contributed by atoms with E-state index in [1.165, 1.54) is 6.07 Å². The number of phenols is 1. The van der Waals surface area contributed by atoms with Gasteiger partial charge in [-0.05, 0) is 36.8 Å². The lowest BCUT2D eigenvalue weighted by molar-refractivity contribution is -0.128. The smallest absolute Gasteiger partial charge is 0.269 e. The van der Waals surface area contributed by atoms with Gasteiger partial charge in [-0.15, -0.1) is 0 Å². The maximum atomic E-state index is 12.8. The maximum absolute atomic E-state index is 12.8. The van der Waals surface area contributed by atoms with Gasteiger partial charge in [-0.1, -0.05) is 45.1 Å². The van der Waals surface area contributed by atoms with Gasteiger partial charge in [-0.25, -0.2) is 5.43 Å². The van der Waals surface area contributed by atoms with Gasteiger partial charge >= 0.3 is 0 Å². The summed E-state index contributed by atoms with van der Waals surface area (Å²) in [4.78, 5) is 24.9. The number of ketones is 1. The number of carbonyl (C=O) groups is 2. The second kappa shape index (κ2) is 7.83. The summed E-state index contributed by atoms with van der Waals surface area (Å²) in [6, 6.07) is 6.14. The van der Waals surface area contributed by atoms with Crippen LogP contribution in [0, 0.1) is 17.3 Å². The van der Waals surface area contributed by atoms with Crippen LogP contribution < -0.4 is 10.9 Å². The van der Waals surface area contributed by atoms with Crippen LogP contribution in [0.25, 0.3) is 0 Å². The van der Waals surface area contributed by atoms with Gasteiger partial charge in [0, 0.05) is 18.4 Å².